The molecule has 2 heterocycles. The number of thioether (sulfide) groups is 1. The zero-order valence-electron chi connectivity index (χ0n) is 13.7. The van der Waals surface area contributed by atoms with Gasteiger partial charge in [-0.1, -0.05) is 41.6 Å². The standard InChI is InChI=1S/C18H11ClN4O3S/c19-12-6-7-16-11(8-12)9-14(17(25)26-16)15(24)10-27-18-20-21-22-23(18)13-4-2-1-3-5-13/h1-9H,10H2. The molecular formula is C18H11ClN4O3S. The topological polar surface area (TPSA) is 90.9 Å². The molecule has 0 unspecified atom stereocenters. The highest BCUT2D eigenvalue weighted by Crippen LogP contribution is 2.21. The van der Waals surface area contributed by atoms with Crippen LogP contribution in [0.3, 0.4) is 0 Å². The Morgan fingerprint density at radius 2 is 1.96 bits per heavy atom. The average Bonchev–Trinajstić information content (AvgIpc) is 3.15. The second-order valence-electron chi connectivity index (χ2n) is 5.55. The molecule has 0 spiro atoms. The Labute approximate surface area is 161 Å². The fraction of sp³-hybridized carbons (Fsp3) is 0.0556. The molecule has 0 bridgehead atoms. The third kappa shape index (κ3) is 3.62. The number of rotatable bonds is 5. The van der Waals surface area contributed by atoms with E-state index in [4.69, 9.17) is 16.0 Å². The summed E-state index contributed by atoms with van der Waals surface area (Å²) in [6.07, 6.45) is 0. The van der Waals surface area contributed by atoms with Gasteiger partial charge in [0.15, 0.2) is 5.78 Å². The van der Waals surface area contributed by atoms with Gasteiger partial charge in [-0.3, -0.25) is 4.79 Å². The zero-order chi connectivity index (χ0) is 18.8. The molecule has 0 atom stereocenters. The van der Waals surface area contributed by atoms with Crippen molar-refractivity contribution in [3.8, 4) is 5.69 Å². The van der Waals surface area contributed by atoms with Crippen LogP contribution in [0.2, 0.25) is 5.02 Å². The van der Waals surface area contributed by atoms with Gasteiger partial charge in [0.05, 0.1) is 11.4 Å². The molecule has 27 heavy (non-hydrogen) atoms. The number of hydrogen-bond donors (Lipinski definition) is 0. The van der Waals surface area contributed by atoms with Crippen molar-refractivity contribution in [1.29, 1.82) is 0 Å². The monoisotopic (exact) mass is 398 g/mol. The molecule has 0 N–H and O–H groups in total. The number of benzene rings is 2. The lowest BCUT2D eigenvalue weighted by atomic mass is 10.1. The second kappa shape index (κ2) is 7.34. The van der Waals surface area contributed by atoms with E-state index in [1.54, 1.807) is 18.2 Å². The summed E-state index contributed by atoms with van der Waals surface area (Å²) in [5.41, 5.74) is 0.438. The molecule has 2 aromatic carbocycles. The summed E-state index contributed by atoms with van der Waals surface area (Å²) in [7, 11) is 0. The van der Waals surface area contributed by atoms with Gasteiger partial charge < -0.3 is 4.42 Å². The molecule has 2 aromatic heterocycles. The van der Waals surface area contributed by atoms with E-state index in [0.717, 1.165) is 17.4 Å². The van der Waals surface area contributed by atoms with Gasteiger partial charge in [-0.05, 0) is 46.8 Å². The minimum absolute atomic E-state index is 0.00988. The predicted molar refractivity (Wildman–Crippen MR) is 102 cm³/mol. The highest BCUT2D eigenvalue weighted by atomic mass is 35.5. The average molecular weight is 399 g/mol. The van der Waals surface area contributed by atoms with E-state index >= 15 is 0 Å². The highest BCUT2D eigenvalue weighted by molar-refractivity contribution is 7.99. The van der Waals surface area contributed by atoms with E-state index in [1.807, 2.05) is 30.3 Å². The predicted octanol–water partition coefficient (Wildman–Crippen LogP) is 3.40. The summed E-state index contributed by atoms with van der Waals surface area (Å²) in [5.74, 6) is -0.387. The maximum Gasteiger partial charge on any atom is 0.347 e. The fourth-order valence-corrected chi connectivity index (χ4v) is 3.45. The van der Waals surface area contributed by atoms with Gasteiger partial charge in [-0.2, -0.15) is 4.68 Å². The van der Waals surface area contributed by atoms with E-state index < -0.39 is 5.63 Å². The van der Waals surface area contributed by atoms with Crippen LogP contribution in [0, 0.1) is 0 Å². The summed E-state index contributed by atoms with van der Waals surface area (Å²) in [6.45, 7) is 0. The van der Waals surface area contributed by atoms with Crippen molar-refractivity contribution >= 4 is 40.1 Å². The normalized spacial score (nSPS) is 11.0. The Morgan fingerprint density at radius 1 is 1.15 bits per heavy atom. The first-order chi connectivity index (χ1) is 13.1. The van der Waals surface area contributed by atoms with Crippen molar-refractivity contribution in [2.75, 3.05) is 5.75 Å². The van der Waals surface area contributed by atoms with Crippen molar-refractivity contribution < 1.29 is 9.21 Å². The number of ketones is 1. The first-order valence-electron chi connectivity index (χ1n) is 7.85. The van der Waals surface area contributed by atoms with Crippen LogP contribution < -0.4 is 5.63 Å². The lowest BCUT2D eigenvalue weighted by molar-refractivity contribution is 0.101. The van der Waals surface area contributed by atoms with Gasteiger partial charge in [-0.15, -0.1) is 5.10 Å². The van der Waals surface area contributed by atoms with Gasteiger partial charge in [0.25, 0.3) is 0 Å². The SMILES string of the molecule is O=C(CSc1nnnn1-c1ccccc1)c1cc2cc(Cl)ccc2oc1=O. The summed E-state index contributed by atoms with van der Waals surface area (Å²) in [4.78, 5) is 24.7. The molecule has 134 valence electrons. The molecule has 0 aliphatic rings. The summed E-state index contributed by atoms with van der Waals surface area (Å²) in [5, 5.41) is 13.0. The minimum atomic E-state index is -0.682. The van der Waals surface area contributed by atoms with Gasteiger partial charge in [0, 0.05) is 10.4 Å². The van der Waals surface area contributed by atoms with Crippen LogP contribution in [0.5, 0.6) is 0 Å². The van der Waals surface area contributed by atoms with Crippen LogP contribution in [-0.2, 0) is 0 Å². The van der Waals surface area contributed by atoms with Crippen molar-refractivity contribution in [3.63, 3.8) is 0 Å². The number of aromatic nitrogens is 4. The number of carbonyl (C=O) groups is 1. The van der Waals surface area contributed by atoms with Gasteiger partial charge >= 0.3 is 5.63 Å². The zero-order valence-corrected chi connectivity index (χ0v) is 15.3. The molecule has 7 nitrogen and oxygen atoms in total. The maximum atomic E-state index is 12.5. The van der Waals surface area contributed by atoms with Crippen molar-refractivity contribution in [3.05, 3.63) is 75.6 Å². The lowest BCUT2D eigenvalue weighted by Gasteiger charge is -2.04. The third-order valence-electron chi connectivity index (χ3n) is 3.77. The van der Waals surface area contributed by atoms with Crippen molar-refractivity contribution in [2.45, 2.75) is 5.16 Å². The number of para-hydroxylation sites is 1. The van der Waals surface area contributed by atoms with Crippen molar-refractivity contribution in [1.82, 2.24) is 20.2 Å². The fourth-order valence-electron chi connectivity index (χ4n) is 2.50. The van der Waals surface area contributed by atoms with Gasteiger partial charge in [-0.25, -0.2) is 4.79 Å². The molecule has 0 saturated heterocycles. The number of fused-ring (bicyclic) bond motifs is 1. The molecular weight excluding hydrogens is 388 g/mol. The van der Waals surface area contributed by atoms with Crippen LogP contribution in [0.4, 0.5) is 0 Å². The Bertz CT molecular complexity index is 1190. The molecule has 0 aliphatic heterocycles. The second-order valence-corrected chi connectivity index (χ2v) is 6.93. The molecule has 4 aromatic rings. The summed E-state index contributed by atoms with van der Waals surface area (Å²) < 4.78 is 6.74. The van der Waals surface area contributed by atoms with E-state index in [2.05, 4.69) is 15.5 Å². The third-order valence-corrected chi connectivity index (χ3v) is 4.92. The highest BCUT2D eigenvalue weighted by Gasteiger charge is 2.17. The van der Waals surface area contributed by atoms with Gasteiger partial charge in [0.2, 0.25) is 5.16 Å². The number of halogens is 1. The molecule has 0 radical (unpaired) electrons. The first kappa shape index (κ1) is 17.4. The van der Waals surface area contributed by atoms with Crippen LogP contribution in [0.15, 0.2) is 69.0 Å². The number of nitrogens with zero attached hydrogens (tertiary/aromatic N) is 4. The molecule has 0 saturated carbocycles. The maximum absolute atomic E-state index is 12.5. The molecule has 9 heteroatoms. The van der Waals surface area contributed by atoms with Crippen LogP contribution in [0.1, 0.15) is 10.4 Å². The molecule has 4 rings (SSSR count). The number of tetrazole rings is 1. The summed E-state index contributed by atoms with van der Waals surface area (Å²) >= 11 is 7.10. The van der Waals surface area contributed by atoms with Crippen LogP contribution >= 0.6 is 23.4 Å². The summed E-state index contributed by atoms with van der Waals surface area (Å²) in [6, 6.07) is 15.7. The smallest absolute Gasteiger partial charge is 0.347 e. The minimum Gasteiger partial charge on any atom is -0.422 e. The van der Waals surface area contributed by atoms with E-state index in [9.17, 15) is 9.59 Å². The Balaban J connectivity index is 1.57. The number of carbonyl (C=O) groups excluding carboxylic acids is 1. The van der Waals surface area contributed by atoms with Gasteiger partial charge in [0.1, 0.15) is 11.1 Å². The number of hydrogen-bond acceptors (Lipinski definition) is 7. The van der Waals surface area contributed by atoms with Crippen molar-refractivity contribution in [2.24, 2.45) is 0 Å². The lowest BCUT2D eigenvalue weighted by Crippen LogP contribution is -2.16. The Kier molecular flexibility index (Phi) is 4.74. The first-order valence-corrected chi connectivity index (χ1v) is 9.21. The van der Waals surface area contributed by atoms with Crippen LogP contribution in [0.25, 0.3) is 16.7 Å². The van der Waals surface area contributed by atoms with E-state index in [-0.39, 0.29) is 17.1 Å². The van der Waals surface area contributed by atoms with E-state index in [1.165, 1.54) is 10.7 Å². The van der Waals surface area contributed by atoms with Crippen LogP contribution in [-0.4, -0.2) is 31.7 Å². The molecule has 0 fully saturated rings. The Morgan fingerprint density at radius 3 is 2.78 bits per heavy atom. The molecule has 0 amide bonds. The number of Topliss-reactive ketones (excluding diaryl/α,β-unsaturated/α-hetero) is 1. The van der Waals surface area contributed by atoms with E-state index in [0.29, 0.717) is 21.1 Å². The quantitative estimate of drug-likeness (QED) is 0.289. The molecule has 0 aliphatic carbocycles. The largest absolute Gasteiger partial charge is 0.422 e. The Hall–Kier alpha value is -2.97.